The minimum Gasteiger partial charge on any atom is -0.423 e. The molecule has 1 heterocycles. The van der Waals surface area contributed by atoms with Crippen LogP contribution in [-0.2, 0) is 6.54 Å². The third-order valence-corrected chi connectivity index (χ3v) is 1.69. The maximum atomic E-state index is 13.1. The average molecular weight is 198 g/mol. The molecule has 2 N–H and O–H groups in total. The van der Waals surface area contributed by atoms with E-state index in [2.05, 4.69) is 4.98 Å². The normalized spacial score (nSPS) is 10.7. The lowest BCUT2D eigenvalue weighted by Crippen LogP contribution is -2.34. The Hall–Kier alpha value is -0.975. The molecule has 1 aromatic rings. The minimum absolute atomic E-state index is 0.201. The fraction of sp³-hybridized carbons (Fsp3) is 0.375. The number of hydrogen-bond donors (Lipinski definition) is 2. The molecule has 1 aromatic heterocycles. The Labute approximate surface area is 82.2 Å². The van der Waals surface area contributed by atoms with Gasteiger partial charge in [0.2, 0.25) is 5.95 Å². The second-order valence-electron chi connectivity index (χ2n) is 3.29. The van der Waals surface area contributed by atoms with Crippen molar-refractivity contribution in [3.8, 4) is 0 Å². The van der Waals surface area contributed by atoms with Crippen LogP contribution >= 0.6 is 0 Å². The highest BCUT2D eigenvalue weighted by molar-refractivity contribution is 6.58. The molecule has 14 heavy (non-hydrogen) atoms. The van der Waals surface area contributed by atoms with E-state index in [4.69, 9.17) is 10.0 Å². The maximum absolute atomic E-state index is 13.1. The van der Waals surface area contributed by atoms with Gasteiger partial charge in [-0.1, -0.05) is 6.07 Å². The summed E-state index contributed by atoms with van der Waals surface area (Å²) in [5, 5.41) is 17.5. The van der Waals surface area contributed by atoms with Gasteiger partial charge in [0.05, 0.1) is 5.69 Å². The van der Waals surface area contributed by atoms with E-state index >= 15 is 0 Å². The van der Waals surface area contributed by atoms with E-state index in [0.717, 1.165) is 0 Å². The zero-order valence-corrected chi connectivity index (χ0v) is 8.11. The lowest BCUT2D eigenvalue weighted by molar-refractivity contribution is 0.392. The number of halogens is 1. The molecule has 0 saturated carbocycles. The summed E-state index contributed by atoms with van der Waals surface area (Å²) in [4.78, 5) is 5.45. The van der Waals surface area contributed by atoms with Crippen molar-refractivity contribution in [3.05, 3.63) is 23.8 Å². The van der Waals surface area contributed by atoms with Crippen LogP contribution in [0.1, 0.15) is 5.69 Å². The van der Waals surface area contributed by atoms with Crippen molar-refractivity contribution in [1.29, 1.82) is 0 Å². The van der Waals surface area contributed by atoms with Crippen LogP contribution in [0.2, 0.25) is 0 Å². The van der Waals surface area contributed by atoms with E-state index in [-0.39, 0.29) is 5.46 Å². The van der Waals surface area contributed by atoms with Crippen LogP contribution in [0.5, 0.6) is 0 Å². The Morgan fingerprint density at radius 3 is 2.50 bits per heavy atom. The maximum Gasteiger partial charge on any atom is 0.493 e. The summed E-state index contributed by atoms with van der Waals surface area (Å²) in [6, 6.07) is 2.89. The second-order valence-corrected chi connectivity index (χ2v) is 3.29. The molecule has 76 valence electrons. The molecule has 4 nitrogen and oxygen atoms in total. The van der Waals surface area contributed by atoms with E-state index in [1.54, 1.807) is 6.07 Å². The molecular weight excluding hydrogens is 186 g/mol. The molecule has 0 fully saturated rings. The molecule has 0 aliphatic carbocycles. The number of nitrogens with zero attached hydrogens (tertiary/aromatic N) is 2. The van der Waals surface area contributed by atoms with Crippen LogP contribution in [0.15, 0.2) is 12.1 Å². The fourth-order valence-electron chi connectivity index (χ4n) is 1.09. The van der Waals surface area contributed by atoms with Crippen LogP contribution in [0.25, 0.3) is 0 Å². The largest absolute Gasteiger partial charge is 0.493 e. The van der Waals surface area contributed by atoms with E-state index in [0.29, 0.717) is 12.2 Å². The molecule has 0 spiro atoms. The highest BCUT2D eigenvalue weighted by Gasteiger charge is 2.17. The molecule has 0 radical (unpaired) electrons. The van der Waals surface area contributed by atoms with Crippen molar-refractivity contribution in [1.82, 2.24) is 9.88 Å². The van der Waals surface area contributed by atoms with Gasteiger partial charge in [0.25, 0.3) is 0 Å². The van der Waals surface area contributed by atoms with Gasteiger partial charge in [-0.3, -0.25) is 0 Å². The molecule has 0 saturated heterocycles. The minimum atomic E-state index is -1.81. The summed E-state index contributed by atoms with van der Waals surface area (Å²) in [6.07, 6.45) is 0. The van der Waals surface area contributed by atoms with Gasteiger partial charge in [-0.25, -0.2) is 4.98 Å². The topological polar surface area (TPSA) is 56.6 Å². The van der Waals surface area contributed by atoms with Gasteiger partial charge in [0, 0.05) is 12.0 Å². The van der Waals surface area contributed by atoms with Crippen molar-refractivity contribution in [3.63, 3.8) is 0 Å². The fourth-order valence-corrected chi connectivity index (χ4v) is 1.09. The predicted molar refractivity (Wildman–Crippen MR) is 51.4 cm³/mol. The first-order valence-electron chi connectivity index (χ1n) is 4.17. The Balaban J connectivity index is 2.89. The molecule has 0 atom stereocenters. The van der Waals surface area contributed by atoms with Crippen molar-refractivity contribution >= 4 is 12.6 Å². The van der Waals surface area contributed by atoms with Crippen molar-refractivity contribution in [2.24, 2.45) is 0 Å². The third kappa shape index (κ3) is 2.76. The molecular formula is C8H12BFN2O2. The number of pyridine rings is 1. The van der Waals surface area contributed by atoms with Gasteiger partial charge in [-0.15, -0.1) is 0 Å². The van der Waals surface area contributed by atoms with E-state index < -0.39 is 13.1 Å². The SMILES string of the molecule is CN(C)Cc1ccc(B(O)O)c(F)n1. The Kier molecular flexibility index (Phi) is 3.57. The molecule has 1 rings (SSSR count). The highest BCUT2D eigenvalue weighted by Crippen LogP contribution is 1.99. The zero-order valence-electron chi connectivity index (χ0n) is 8.11. The van der Waals surface area contributed by atoms with Crippen LogP contribution < -0.4 is 5.46 Å². The highest BCUT2D eigenvalue weighted by atomic mass is 19.1. The summed E-state index contributed by atoms with van der Waals surface area (Å²) in [5.74, 6) is -0.834. The molecule has 0 unspecified atom stereocenters. The van der Waals surface area contributed by atoms with Crippen LogP contribution in [0.3, 0.4) is 0 Å². The summed E-state index contributed by atoms with van der Waals surface area (Å²) in [7, 11) is 1.87. The first kappa shape index (κ1) is 11.1. The summed E-state index contributed by atoms with van der Waals surface area (Å²) in [6.45, 7) is 0.513. The van der Waals surface area contributed by atoms with E-state index in [1.165, 1.54) is 6.07 Å². The smallest absolute Gasteiger partial charge is 0.423 e. The van der Waals surface area contributed by atoms with Gasteiger partial charge >= 0.3 is 7.12 Å². The lowest BCUT2D eigenvalue weighted by atomic mass is 9.81. The number of aromatic nitrogens is 1. The van der Waals surface area contributed by atoms with Gasteiger partial charge in [-0.05, 0) is 20.2 Å². The lowest BCUT2D eigenvalue weighted by Gasteiger charge is -2.09. The van der Waals surface area contributed by atoms with Crippen molar-refractivity contribution in [2.45, 2.75) is 6.54 Å². The summed E-state index contributed by atoms with van der Waals surface area (Å²) >= 11 is 0. The van der Waals surface area contributed by atoms with E-state index in [1.807, 2.05) is 19.0 Å². The van der Waals surface area contributed by atoms with Crippen LogP contribution in [0.4, 0.5) is 4.39 Å². The standard InChI is InChI=1S/C8H12BFN2O2/c1-12(2)5-6-3-4-7(9(13)14)8(10)11-6/h3-4,13-14H,5H2,1-2H3. The molecule has 0 amide bonds. The Morgan fingerprint density at radius 1 is 1.43 bits per heavy atom. The predicted octanol–water partition coefficient (Wildman–Crippen LogP) is -1.04. The monoisotopic (exact) mass is 198 g/mol. The van der Waals surface area contributed by atoms with Gasteiger partial charge < -0.3 is 14.9 Å². The van der Waals surface area contributed by atoms with Gasteiger partial charge in [0.15, 0.2) is 0 Å². The van der Waals surface area contributed by atoms with E-state index in [9.17, 15) is 4.39 Å². The number of rotatable bonds is 3. The third-order valence-electron chi connectivity index (χ3n) is 1.69. The molecule has 0 aliphatic heterocycles. The van der Waals surface area contributed by atoms with Gasteiger partial charge in [0.1, 0.15) is 0 Å². The van der Waals surface area contributed by atoms with Crippen LogP contribution in [0, 0.1) is 5.95 Å². The first-order valence-corrected chi connectivity index (χ1v) is 4.17. The Bertz CT molecular complexity index is 320. The molecule has 6 heteroatoms. The van der Waals surface area contributed by atoms with Crippen molar-refractivity contribution in [2.75, 3.05) is 14.1 Å². The summed E-state index contributed by atoms with van der Waals surface area (Å²) < 4.78 is 13.1. The second kappa shape index (κ2) is 4.50. The van der Waals surface area contributed by atoms with Crippen molar-refractivity contribution < 1.29 is 14.4 Å². The number of hydrogen-bond acceptors (Lipinski definition) is 4. The zero-order chi connectivity index (χ0) is 10.7. The Morgan fingerprint density at radius 2 is 2.07 bits per heavy atom. The van der Waals surface area contributed by atoms with Crippen LogP contribution in [-0.4, -0.2) is 41.1 Å². The summed E-state index contributed by atoms with van der Waals surface area (Å²) in [5.41, 5.74) is 0.351. The molecule has 0 aromatic carbocycles. The average Bonchev–Trinajstić information content (AvgIpc) is 2.01. The molecule has 0 bridgehead atoms. The quantitative estimate of drug-likeness (QED) is 0.481. The molecule has 0 aliphatic rings. The first-order chi connectivity index (χ1) is 6.50. The van der Waals surface area contributed by atoms with Gasteiger partial charge in [-0.2, -0.15) is 4.39 Å².